The van der Waals surface area contributed by atoms with E-state index < -0.39 is 0 Å². The average molecular weight is 425 g/mol. The zero-order chi connectivity index (χ0) is 22.1. The predicted molar refractivity (Wildman–Crippen MR) is 125 cm³/mol. The molecule has 1 fully saturated rings. The SMILES string of the molecule is O=C(Cn1c2ccccc2c(=O)c2ccccc21)Nc1cccc(CN2CCCC2=O)c1. The number of nitrogens with zero attached hydrogens (tertiary/aromatic N) is 2. The second-order valence-corrected chi connectivity index (χ2v) is 8.12. The van der Waals surface area contributed by atoms with Gasteiger partial charge in [-0.1, -0.05) is 36.4 Å². The van der Waals surface area contributed by atoms with Gasteiger partial charge in [0.25, 0.3) is 0 Å². The second kappa shape index (κ2) is 8.30. The number of nitrogens with one attached hydrogen (secondary N) is 1. The van der Waals surface area contributed by atoms with E-state index in [4.69, 9.17) is 0 Å². The molecule has 0 bridgehead atoms. The monoisotopic (exact) mass is 425 g/mol. The Labute approximate surface area is 185 Å². The molecule has 1 N–H and O–H groups in total. The summed E-state index contributed by atoms with van der Waals surface area (Å²) < 4.78 is 1.88. The number of aromatic nitrogens is 1. The molecule has 1 aromatic heterocycles. The van der Waals surface area contributed by atoms with E-state index in [0.29, 0.717) is 29.4 Å². The van der Waals surface area contributed by atoms with Gasteiger partial charge in [0.1, 0.15) is 6.54 Å². The van der Waals surface area contributed by atoms with Crippen molar-refractivity contribution in [1.29, 1.82) is 0 Å². The van der Waals surface area contributed by atoms with Gasteiger partial charge in [-0.3, -0.25) is 14.4 Å². The van der Waals surface area contributed by atoms with Gasteiger partial charge in [-0.2, -0.15) is 0 Å². The molecule has 1 saturated heterocycles. The molecule has 4 aromatic rings. The topological polar surface area (TPSA) is 71.4 Å². The lowest BCUT2D eigenvalue weighted by Crippen LogP contribution is -2.24. The van der Waals surface area contributed by atoms with Gasteiger partial charge in [0.2, 0.25) is 11.8 Å². The molecule has 0 saturated carbocycles. The van der Waals surface area contributed by atoms with Crippen molar-refractivity contribution in [3.8, 4) is 0 Å². The second-order valence-electron chi connectivity index (χ2n) is 8.12. The lowest BCUT2D eigenvalue weighted by Gasteiger charge is -2.17. The van der Waals surface area contributed by atoms with Gasteiger partial charge < -0.3 is 14.8 Å². The van der Waals surface area contributed by atoms with Crippen LogP contribution in [0, 0.1) is 0 Å². The molecule has 0 radical (unpaired) electrons. The normalized spacial score (nSPS) is 13.8. The standard InChI is InChI=1S/C26H23N3O3/c30-24(27-19-8-5-7-18(15-19)16-28-14-6-13-25(28)31)17-29-22-11-3-1-9-20(22)26(32)21-10-2-4-12-23(21)29/h1-5,7-12,15H,6,13-14,16-17H2,(H,27,30). The highest BCUT2D eigenvalue weighted by Crippen LogP contribution is 2.20. The Morgan fingerprint density at radius 2 is 1.56 bits per heavy atom. The molecule has 0 atom stereocenters. The maximum Gasteiger partial charge on any atom is 0.244 e. The third-order valence-corrected chi connectivity index (χ3v) is 5.94. The van der Waals surface area contributed by atoms with Gasteiger partial charge >= 0.3 is 0 Å². The average Bonchev–Trinajstić information content (AvgIpc) is 3.21. The van der Waals surface area contributed by atoms with Crippen LogP contribution in [0.4, 0.5) is 5.69 Å². The molecule has 2 amide bonds. The summed E-state index contributed by atoms with van der Waals surface area (Å²) in [7, 11) is 0. The van der Waals surface area contributed by atoms with Crippen LogP contribution in [-0.4, -0.2) is 27.8 Å². The minimum absolute atomic E-state index is 0.0305. The molecule has 1 aliphatic rings. The molecule has 0 unspecified atom stereocenters. The van der Waals surface area contributed by atoms with Crippen LogP contribution in [0.3, 0.4) is 0 Å². The number of fused-ring (bicyclic) bond motifs is 2. The van der Waals surface area contributed by atoms with Crippen LogP contribution < -0.4 is 10.7 Å². The lowest BCUT2D eigenvalue weighted by molar-refractivity contribution is -0.128. The van der Waals surface area contributed by atoms with Crippen LogP contribution in [0.1, 0.15) is 18.4 Å². The first-order valence-electron chi connectivity index (χ1n) is 10.8. The number of para-hydroxylation sites is 2. The van der Waals surface area contributed by atoms with Crippen molar-refractivity contribution in [2.24, 2.45) is 0 Å². The van der Waals surface area contributed by atoms with Gasteiger partial charge in [-0.15, -0.1) is 0 Å². The molecule has 5 rings (SSSR count). The summed E-state index contributed by atoms with van der Waals surface area (Å²) in [5.74, 6) is -0.00484. The van der Waals surface area contributed by atoms with E-state index in [1.165, 1.54) is 0 Å². The van der Waals surface area contributed by atoms with E-state index in [1.54, 1.807) is 12.1 Å². The number of benzene rings is 3. The van der Waals surface area contributed by atoms with E-state index in [2.05, 4.69) is 5.32 Å². The molecular weight excluding hydrogens is 402 g/mol. The van der Waals surface area contributed by atoms with Gasteiger partial charge in [-0.25, -0.2) is 0 Å². The largest absolute Gasteiger partial charge is 0.338 e. The lowest BCUT2D eigenvalue weighted by atomic mass is 10.1. The smallest absolute Gasteiger partial charge is 0.244 e. The number of carbonyl (C=O) groups excluding carboxylic acids is 2. The first-order chi connectivity index (χ1) is 15.6. The summed E-state index contributed by atoms with van der Waals surface area (Å²) in [5.41, 5.74) is 3.10. The van der Waals surface area contributed by atoms with Crippen molar-refractivity contribution in [3.63, 3.8) is 0 Å². The number of hydrogen-bond donors (Lipinski definition) is 1. The van der Waals surface area contributed by atoms with E-state index in [9.17, 15) is 14.4 Å². The number of carbonyl (C=O) groups is 2. The van der Waals surface area contributed by atoms with Gasteiger partial charge in [0.15, 0.2) is 5.43 Å². The molecular formula is C26H23N3O3. The van der Waals surface area contributed by atoms with Crippen LogP contribution in [0.15, 0.2) is 77.6 Å². The van der Waals surface area contributed by atoms with E-state index in [-0.39, 0.29) is 23.8 Å². The molecule has 0 aliphatic carbocycles. The number of rotatable bonds is 5. The van der Waals surface area contributed by atoms with Gasteiger partial charge in [-0.05, 0) is 48.4 Å². The minimum atomic E-state index is -0.182. The Morgan fingerprint density at radius 3 is 2.22 bits per heavy atom. The quantitative estimate of drug-likeness (QED) is 0.493. The molecule has 0 spiro atoms. The fourth-order valence-corrected chi connectivity index (χ4v) is 4.43. The molecule has 160 valence electrons. The Bertz CT molecular complexity index is 1350. The van der Waals surface area contributed by atoms with Crippen molar-refractivity contribution >= 4 is 39.3 Å². The summed E-state index contributed by atoms with van der Waals surface area (Å²) >= 11 is 0. The summed E-state index contributed by atoms with van der Waals surface area (Å²) in [6, 6.07) is 22.3. The Morgan fingerprint density at radius 1 is 0.875 bits per heavy atom. The number of amides is 2. The molecule has 32 heavy (non-hydrogen) atoms. The maximum atomic E-state index is 13.0. The van der Waals surface area contributed by atoms with E-state index in [0.717, 1.165) is 29.6 Å². The van der Waals surface area contributed by atoms with Crippen molar-refractivity contribution < 1.29 is 9.59 Å². The number of hydrogen-bond acceptors (Lipinski definition) is 3. The summed E-state index contributed by atoms with van der Waals surface area (Å²) in [6.07, 6.45) is 1.51. The van der Waals surface area contributed by atoms with Crippen molar-refractivity contribution in [2.45, 2.75) is 25.9 Å². The Hall–Kier alpha value is -3.93. The number of pyridine rings is 1. The molecule has 3 aromatic carbocycles. The summed E-state index contributed by atoms with van der Waals surface area (Å²) in [4.78, 5) is 39.6. The highest BCUT2D eigenvalue weighted by atomic mass is 16.2. The third kappa shape index (κ3) is 3.75. The number of anilines is 1. The molecule has 6 nitrogen and oxygen atoms in total. The number of likely N-dealkylation sites (tertiary alicyclic amines) is 1. The molecule has 6 heteroatoms. The maximum absolute atomic E-state index is 13.0. The fraction of sp³-hybridized carbons (Fsp3) is 0.192. The van der Waals surface area contributed by atoms with Gasteiger partial charge in [0.05, 0.1) is 11.0 Å². The fourth-order valence-electron chi connectivity index (χ4n) is 4.43. The molecule has 1 aliphatic heterocycles. The van der Waals surface area contributed by atoms with Crippen LogP contribution >= 0.6 is 0 Å². The summed E-state index contributed by atoms with van der Waals surface area (Å²) in [5, 5.41) is 4.16. The summed E-state index contributed by atoms with van der Waals surface area (Å²) in [6.45, 7) is 1.41. The van der Waals surface area contributed by atoms with E-state index >= 15 is 0 Å². The van der Waals surface area contributed by atoms with Crippen molar-refractivity contribution in [2.75, 3.05) is 11.9 Å². The molecule has 2 heterocycles. The minimum Gasteiger partial charge on any atom is -0.338 e. The van der Waals surface area contributed by atoms with Crippen molar-refractivity contribution in [1.82, 2.24) is 9.47 Å². The predicted octanol–water partition coefficient (Wildman–Crippen LogP) is 3.92. The third-order valence-electron chi connectivity index (χ3n) is 5.94. The van der Waals surface area contributed by atoms with Crippen LogP contribution in [0.25, 0.3) is 21.8 Å². The Kier molecular flexibility index (Phi) is 5.19. The zero-order valence-electron chi connectivity index (χ0n) is 17.6. The Balaban J connectivity index is 1.42. The van der Waals surface area contributed by atoms with E-state index in [1.807, 2.05) is 70.1 Å². The zero-order valence-corrected chi connectivity index (χ0v) is 17.6. The van der Waals surface area contributed by atoms with Gasteiger partial charge in [0, 0.05) is 36.0 Å². The van der Waals surface area contributed by atoms with Crippen molar-refractivity contribution in [3.05, 3.63) is 88.6 Å². The van der Waals surface area contributed by atoms with Crippen LogP contribution in [0.2, 0.25) is 0 Å². The highest BCUT2D eigenvalue weighted by molar-refractivity contribution is 5.97. The first kappa shape index (κ1) is 20.0. The van der Waals surface area contributed by atoms with Crippen LogP contribution in [-0.2, 0) is 22.7 Å². The van der Waals surface area contributed by atoms with Crippen LogP contribution in [0.5, 0.6) is 0 Å². The highest BCUT2D eigenvalue weighted by Gasteiger charge is 2.20. The first-order valence-corrected chi connectivity index (χ1v) is 10.8.